The van der Waals surface area contributed by atoms with Gasteiger partial charge in [-0.05, 0) is 43.4 Å². The molecule has 2 N–H and O–H groups in total. The molecule has 1 fully saturated rings. The molecule has 3 nitrogen and oxygen atoms in total. The highest BCUT2D eigenvalue weighted by Crippen LogP contribution is 2.47. The Bertz CT molecular complexity index is 489. The van der Waals surface area contributed by atoms with E-state index in [2.05, 4.69) is 35.9 Å². The first kappa shape index (κ1) is 16.6. The molecule has 5 heteroatoms. The average Bonchev–Trinajstić information content (AvgIpc) is 3.25. The molecule has 0 saturated heterocycles. The molecule has 116 valence electrons. The number of benzene rings is 1. The zero-order valence-corrected chi connectivity index (χ0v) is 14.6. The van der Waals surface area contributed by atoms with Crippen LogP contribution in [0, 0.1) is 0 Å². The van der Waals surface area contributed by atoms with E-state index in [0.717, 1.165) is 12.3 Å². The Kier molecular flexibility index (Phi) is 5.88. The van der Waals surface area contributed by atoms with Crippen molar-refractivity contribution >= 4 is 29.6 Å². The lowest BCUT2D eigenvalue weighted by molar-refractivity contribution is 0.237. The number of rotatable bonds is 7. The molecular weight excluding hydrogens is 300 g/mol. The first-order valence-corrected chi connectivity index (χ1v) is 9.62. The number of hydrogen-bond acceptors (Lipinski definition) is 3. The summed E-state index contributed by atoms with van der Waals surface area (Å²) in [5.74, 6) is 1.11. The van der Waals surface area contributed by atoms with Crippen molar-refractivity contribution < 1.29 is 4.79 Å². The Hall–Kier alpha value is -0.810. The highest BCUT2D eigenvalue weighted by molar-refractivity contribution is 8.00. The Labute approximate surface area is 136 Å². The van der Waals surface area contributed by atoms with Crippen molar-refractivity contribution in [3.63, 3.8) is 0 Å². The fourth-order valence-corrected chi connectivity index (χ4v) is 4.28. The van der Waals surface area contributed by atoms with Gasteiger partial charge in [-0.2, -0.15) is 11.8 Å². The second-order valence-electron chi connectivity index (χ2n) is 5.41. The zero-order valence-electron chi connectivity index (χ0n) is 12.9. The van der Waals surface area contributed by atoms with Gasteiger partial charge in [0.15, 0.2) is 0 Å². The molecule has 0 bridgehead atoms. The van der Waals surface area contributed by atoms with Crippen LogP contribution >= 0.6 is 23.5 Å². The van der Waals surface area contributed by atoms with Crippen LogP contribution in [0.1, 0.15) is 38.3 Å². The van der Waals surface area contributed by atoms with E-state index in [1.165, 1.54) is 23.3 Å². The molecule has 0 aliphatic heterocycles. The number of carbonyl (C=O) groups is 1. The summed E-state index contributed by atoms with van der Waals surface area (Å²) >= 11 is 3.67. The molecule has 1 aromatic carbocycles. The van der Waals surface area contributed by atoms with Crippen LogP contribution in [0.2, 0.25) is 0 Å². The van der Waals surface area contributed by atoms with Crippen molar-refractivity contribution in [3.8, 4) is 0 Å². The Morgan fingerprint density at radius 1 is 1.38 bits per heavy atom. The second kappa shape index (κ2) is 7.45. The number of amides is 2. The first-order valence-electron chi connectivity index (χ1n) is 7.41. The zero-order chi connectivity index (χ0) is 15.3. The van der Waals surface area contributed by atoms with E-state index in [-0.39, 0.29) is 12.1 Å². The number of thioether (sulfide) groups is 2. The topological polar surface area (TPSA) is 41.1 Å². The first-order chi connectivity index (χ1) is 10.1. The van der Waals surface area contributed by atoms with Crippen LogP contribution in [0.3, 0.4) is 0 Å². The SMILES string of the molecule is CCSC1(CNC(=O)N[C@@H](C)c2ccccc2SC)CC1. The fraction of sp³-hybridized carbons (Fsp3) is 0.562. The molecule has 1 saturated carbocycles. The fourth-order valence-electron chi connectivity index (χ4n) is 2.41. The van der Waals surface area contributed by atoms with Crippen LogP contribution in [0.4, 0.5) is 4.79 Å². The summed E-state index contributed by atoms with van der Waals surface area (Å²) in [6.45, 7) is 4.97. The molecule has 1 aliphatic rings. The highest BCUT2D eigenvalue weighted by atomic mass is 32.2. The van der Waals surface area contributed by atoms with Crippen molar-refractivity contribution in [2.24, 2.45) is 0 Å². The predicted octanol–water partition coefficient (Wildman–Crippen LogP) is 4.05. The maximum absolute atomic E-state index is 12.1. The predicted molar refractivity (Wildman–Crippen MR) is 93.3 cm³/mol. The number of urea groups is 1. The standard InChI is InChI=1S/C16H24N2OS2/c1-4-21-16(9-10-16)11-17-15(19)18-12(2)13-7-5-6-8-14(13)20-3/h5-8,12H,4,9-11H2,1-3H3,(H2,17,18,19)/t12-/m0/s1. The van der Waals surface area contributed by atoms with Crippen molar-refractivity contribution in [2.75, 3.05) is 18.6 Å². The van der Waals surface area contributed by atoms with E-state index >= 15 is 0 Å². The molecule has 2 amide bonds. The molecule has 0 aromatic heterocycles. The summed E-state index contributed by atoms with van der Waals surface area (Å²) in [6.07, 6.45) is 4.50. The summed E-state index contributed by atoms with van der Waals surface area (Å²) in [7, 11) is 0. The average molecular weight is 325 g/mol. The van der Waals surface area contributed by atoms with Gasteiger partial charge in [0.25, 0.3) is 0 Å². The summed E-state index contributed by atoms with van der Waals surface area (Å²) < 4.78 is 0.312. The van der Waals surface area contributed by atoms with Crippen LogP contribution in [-0.2, 0) is 0 Å². The van der Waals surface area contributed by atoms with Crippen LogP contribution in [0.5, 0.6) is 0 Å². The van der Waals surface area contributed by atoms with Crippen LogP contribution in [0.25, 0.3) is 0 Å². The molecule has 0 heterocycles. The third kappa shape index (κ3) is 4.58. The van der Waals surface area contributed by atoms with E-state index in [9.17, 15) is 4.79 Å². The third-order valence-corrected chi connectivity index (χ3v) is 6.05. The van der Waals surface area contributed by atoms with Crippen molar-refractivity contribution in [1.29, 1.82) is 0 Å². The van der Waals surface area contributed by atoms with E-state index in [1.807, 2.05) is 30.8 Å². The Morgan fingerprint density at radius 2 is 2.10 bits per heavy atom. The minimum absolute atomic E-state index is 0.0163. The quantitative estimate of drug-likeness (QED) is 0.743. The second-order valence-corrected chi connectivity index (χ2v) is 7.99. The third-order valence-electron chi connectivity index (χ3n) is 3.78. The van der Waals surface area contributed by atoms with E-state index in [1.54, 1.807) is 11.8 Å². The number of carbonyl (C=O) groups excluding carboxylic acids is 1. The maximum Gasteiger partial charge on any atom is 0.315 e. The van der Waals surface area contributed by atoms with Gasteiger partial charge < -0.3 is 10.6 Å². The van der Waals surface area contributed by atoms with E-state index in [4.69, 9.17) is 0 Å². The molecular formula is C16H24N2OS2. The van der Waals surface area contributed by atoms with Gasteiger partial charge in [0.05, 0.1) is 6.04 Å². The van der Waals surface area contributed by atoms with Gasteiger partial charge in [-0.1, -0.05) is 25.1 Å². The van der Waals surface area contributed by atoms with Gasteiger partial charge in [-0.25, -0.2) is 4.79 Å². The largest absolute Gasteiger partial charge is 0.337 e. The van der Waals surface area contributed by atoms with Gasteiger partial charge in [0.1, 0.15) is 0 Å². The smallest absolute Gasteiger partial charge is 0.315 e. The molecule has 1 atom stereocenters. The molecule has 2 rings (SSSR count). The van der Waals surface area contributed by atoms with Crippen molar-refractivity contribution in [2.45, 2.75) is 42.4 Å². The summed E-state index contributed by atoms with van der Waals surface area (Å²) in [5, 5.41) is 6.07. The van der Waals surface area contributed by atoms with Gasteiger partial charge >= 0.3 is 6.03 Å². The lowest BCUT2D eigenvalue weighted by Crippen LogP contribution is -2.40. The number of hydrogen-bond donors (Lipinski definition) is 2. The highest BCUT2D eigenvalue weighted by Gasteiger charge is 2.42. The normalized spacial score (nSPS) is 17.1. The molecule has 0 unspecified atom stereocenters. The maximum atomic E-state index is 12.1. The van der Waals surface area contributed by atoms with Crippen LogP contribution in [-0.4, -0.2) is 29.3 Å². The Balaban J connectivity index is 1.85. The molecule has 21 heavy (non-hydrogen) atoms. The minimum Gasteiger partial charge on any atom is -0.337 e. The summed E-state index contributed by atoms with van der Waals surface area (Å²) in [6, 6.07) is 8.16. The molecule has 0 radical (unpaired) electrons. The van der Waals surface area contributed by atoms with Crippen LogP contribution < -0.4 is 10.6 Å². The van der Waals surface area contributed by atoms with Gasteiger partial charge in [-0.15, -0.1) is 11.8 Å². The monoisotopic (exact) mass is 324 g/mol. The molecule has 1 aliphatic carbocycles. The van der Waals surface area contributed by atoms with E-state index in [0.29, 0.717) is 4.75 Å². The van der Waals surface area contributed by atoms with Crippen LogP contribution in [0.15, 0.2) is 29.2 Å². The lowest BCUT2D eigenvalue weighted by atomic mass is 10.1. The lowest BCUT2D eigenvalue weighted by Gasteiger charge is -2.19. The molecule has 1 aromatic rings. The van der Waals surface area contributed by atoms with Crippen molar-refractivity contribution in [3.05, 3.63) is 29.8 Å². The number of nitrogens with one attached hydrogen (secondary N) is 2. The van der Waals surface area contributed by atoms with Gasteiger partial charge in [-0.3, -0.25) is 0 Å². The van der Waals surface area contributed by atoms with E-state index < -0.39 is 0 Å². The van der Waals surface area contributed by atoms with Gasteiger partial charge in [0, 0.05) is 16.2 Å². The summed E-state index contributed by atoms with van der Waals surface area (Å²) in [4.78, 5) is 13.3. The van der Waals surface area contributed by atoms with Gasteiger partial charge in [0.2, 0.25) is 0 Å². The minimum atomic E-state index is -0.0682. The Morgan fingerprint density at radius 3 is 2.71 bits per heavy atom. The van der Waals surface area contributed by atoms with Crippen molar-refractivity contribution in [1.82, 2.24) is 10.6 Å². The summed E-state index contributed by atoms with van der Waals surface area (Å²) in [5.41, 5.74) is 1.17. The molecule has 0 spiro atoms.